The number of rotatable bonds is 2. The van der Waals surface area contributed by atoms with Crippen LogP contribution in [0.1, 0.15) is 18.2 Å². The maximum atomic E-state index is 11.2. The minimum Gasteiger partial charge on any atom is -0.340 e. The molecule has 0 saturated carbocycles. The summed E-state index contributed by atoms with van der Waals surface area (Å²) in [6.07, 6.45) is 1.94. The van der Waals surface area contributed by atoms with Crippen LogP contribution in [0.15, 0.2) is 18.3 Å². The van der Waals surface area contributed by atoms with Gasteiger partial charge in [-0.25, -0.2) is 0 Å². The summed E-state index contributed by atoms with van der Waals surface area (Å²) in [5.74, 6) is 0.182. The highest BCUT2D eigenvalue weighted by molar-refractivity contribution is 5.73. The quantitative estimate of drug-likeness (QED) is 0.766. The first-order valence-corrected chi connectivity index (χ1v) is 6.04. The van der Waals surface area contributed by atoms with E-state index in [0.717, 1.165) is 38.4 Å². The van der Waals surface area contributed by atoms with Crippen molar-refractivity contribution in [1.82, 2.24) is 14.8 Å². The average molecular weight is 233 g/mol. The van der Waals surface area contributed by atoms with E-state index < -0.39 is 0 Å². The van der Waals surface area contributed by atoms with Crippen molar-refractivity contribution in [3.05, 3.63) is 29.6 Å². The standard InChI is InChI=1S/C13H19N3O/c1-11-3-4-13(9-14-11)10-15-5-7-16(8-6-15)12(2)17/h3-4,9H,5-8,10H2,1-2H3. The van der Waals surface area contributed by atoms with E-state index >= 15 is 0 Å². The fourth-order valence-corrected chi connectivity index (χ4v) is 2.07. The number of amides is 1. The Morgan fingerprint density at radius 1 is 1.29 bits per heavy atom. The molecule has 0 aliphatic carbocycles. The summed E-state index contributed by atoms with van der Waals surface area (Å²) < 4.78 is 0. The predicted octanol–water partition coefficient (Wildman–Crippen LogP) is 1.05. The molecule has 2 heterocycles. The Labute approximate surface area is 102 Å². The van der Waals surface area contributed by atoms with Crippen LogP contribution in [0.4, 0.5) is 0 Å². The van der Waals surface area contributed by atoms with Crippen LogP contribution in [-0.4, -0.2) is 46.9 Å². The number of carbonyl (C=O) groups excluding carboxylic acids is 1. The van der Waals surface area contributed by atoms with Crippen LogP contribution in [0.3, 0.4) is 0 Å². The summed E-state index contributed by atoms with van der Waals surface area (Å²) in [6.45, 7) is 8.15. The van der Waals surface area contributed by atoms with Gasteiger partial charge in [-0.15, -0.1) is 0 Å². The number of aryl methyl sites for hydroxylation is 1. The third-order valence-corrected chi connectivity index (χ3v) is 3.20. The second kappa shape index (κ2) is 5.27. The highest BCUT2D eigenvalue weighted by atomic mass is 16.2. The van der Waals surface area contributed by atoms with Crippen molar-refractivity contribution in [3.8, 4) is 0 Å². The highest BCUT2D eigenvalue weighted by Crippen LogP contribution is 2.08. The van der Waals surface area contributed by atoms with Gasteiger partial charge in [0, 0.05) is 51.5 Å². The normalized spacial score (nSPS) is 17.2. The molecule has 1 saturated heterocycles. The first kappa shape index (κ1) is 12.0. The number of hydrogen-bond acceptors (Lipinski definition) is 3. The molecular formula is C13H19N3O. The first-order valence-electron chi connectivity index (χ1n) is 6.04. The first-order chi connectivity index (χ1) is 8.15. The van der Waals surface area contributed by atoms with Crippen molar-refractivity contribution in [2.45, 2.75) is 20.4 Å². The Kier molecular flexibility index (Phi) is 3.74. The Morgan fingerprint density at radius 3 is 2.53 bits per heavy atom. The van der Waals surface area contributed by atoms with Gasteiger partial charge in [0.1, 0.15) is 0 Å². The molecule has 4 nitrogen and oxygen atoms in total. The summed E-state index contributed by atoms with van der Waals surface area (Å²) in [6, 6.07) is 4.17. The number of nitrogens with zero attached hydrogens (tertiary/aromatic N) is 3. The number of piperazine rings is 1. The predicted molar refractivity (Wildman–Crippen MR) is 66.5 cm³/mol. The van der Waals surface area contributed by atoms with Crippen LogP contribution in [-0.2, 0) is 11.3 Å². The molecule has 1 aromatic rings. The Hall–Kier alpha value is -1.42. The zero-order valence-corrected chi connectivity index (χ0v) is 10.5. The molecule has 92 valence electrons. The van der Waals surface area contributed by atoms with Gasteiger partial charge in [0.2, 0.25) is 5.91 Å². The van der Waals surface area contributed by atoms with Crippen molar-refractivity contribution < 1.29 is 4.79 Å². The molecule has 0 atom stereocenters. The lowest BCUT2D eigenvalue weighted by atomic mass is 10.2. The summed E-state index contributed by atoms with van der Waals surface area (Å²) in [4.78, 5) is 19.8. The van der Waals surface area contributed by atoms with Gasteiger partial charge >= 0.3 is 0 Å². The van der Waals surface area contributed by atoms with Gasteiger partial charge in [-0.05, 0) is 18.6 Å². The third kappa shape index (κ3) is 3.27. The Balaban J connectivity index is 1.85. The zero-order chi connectivity index (χ0) is 12.3. The van der Waals surface area contributed by atoms with E-state index in [1.807, 2.05) is 24.1 Å². The SMILES string of the molecule is CC(=O)N1CCN(Cc2ccc(C)nc2)CC1. The third-order valence-electron chi connectivity index (χ3n) is 3.20. The number of aromatic nitrogens is 1. The summed E-state index contributed by atoms with van der Waals surface area (Å²) in [7, 11) is 0. The van der Waals surface area contributed by atoms with E-state index in [2.05, 4.69) is 16.0 Å². The lowest BCUT2D eigenvalue weighted by molar-refractivity contribution is -0.130. The Morgan fingerprint density at radius 2 is 2.00 bits per heavy atom. The number of hydrogen-bond donors (Lipinski definition) is 0. The van der Waals surface area contributed by atoms with Crippen LogP contribution in [0.5, 0.6) is 0 Å². The molecule has 1 aliphatic rings. The molecule has 2 rings (SSSR count). The monoisotopic (exact) mass is 233 g/mol. The highest BCUT2D eigenvalue weighted by Gasteiger charge is 2.18. The molecule has 0 N–H and O–H groups in total. The smallest absolute Gasteiger partial charge is 0.219 e. The van der Waals surface area contributed by atoms with Crippen molar-refractivity contribution in [3.63, 3.8) is 0 Å². The lowest BCUT2D eigenvalue weighted by Gasteiger charge is -2.34. The van der Waals surface area contributed by atoms with Gasteiger partial charge in [-0.1, -0.05) is 6.07 Å². The molecule has 1 aliphatic heterocycles. The van der Waals surface area contributed by atoms with E-state index in [1.54, 1.807) is 6.92 Å². The fourth-order valence-electron chi connectivity index (χ4n) is 2.07. The average Bonchev–Trinajstić information content (AvgIpc) is 2.33. The minimum atomic E-state index is 0.182. The number of carbonyl (C=O) groups is 1. The van der Waals surface area contributed by atoms with E-state index in [1.165, 1.54) is 5.56 Å². The zero-order valence-electron chi connectivity index (χ0n) is 10.5. The van der Waals surface area contributed by atoms with Crippen LogP contribution in [0.2, 0.25) is 0 Å². The fraction of sp³-hybridized carbons (Fsp3) is 0.538. The second-order valence-corrected chi connectivity index (χ2v) is 4.59. The van der Waals surface area contributed by atoms with E-state index in [9.17, 15) is 4.79 Å². The maximum Gasteiger partial charge on any atom is 0.219 e. The Bertz CT molecular complexity index is 380. The molecular weight excluding hydrogens is 214 g/mol. The summed E-state index contributed by atoms with van der Waals surface area (Å²) in [5, 5.41) is 0. The maximum absolute atomic E-state index is 11.2. The van der Waals surface area contributed by atoms with Crippen molar-refractivity contribution in [2.24, 2.45) is 0 Å². The van der Waals surface area contributed by atoms with Crippen molar-refractivity contribution >= 4 is 5.91 Å². The molecule has 0 aromatic carbocycles. The number of pyridine rings is 1. The summed E-state index contributed by atoms with van der Waals surface area (Å²) >= 11 is 0. The van der Waals surface area contributed by atoms with Crippen LogP contribution in [0, 0.1) is 6.92 Å². The van der Waals surface area contributed by atoms with Gasteiger partial charge in [0.25, 0.3) is 0 Å². The molecule has 0 spiro atoms. The van der Waals surface area contributed by atoms with Crippen LogP contribution in [0.25, 0.3) is 0 Å². The van der Waals surface area contributed by atoms with Crippen molar-refractivity contribution in [1.29, 1.82) is 0 Å². The van der Waals surface area contributed by atoms with E-state index in [4.69, 9.17) is 0 Å². The van der Waals surface area contributed by atoms with Gasteiger partial charge in [0.05, 0.1) is 0 Å². The molecule has 0 unspecified atom stereocenters. The van der Waals surface area contributed by atoms with Gasteiger partial charge in [-0.2, -0.15) is 0 Å². The van der Waals surface area contributed by atoms with Gasteiger partial charge in [0.15, 0.2) is 0 Å². The van der Waals surface area contributed by atoms with Crippen molar-refractivity contribution in [2.75, 3.05) is 26.2 Å². The van der Waals surface area contributed by atoms with Crippen LogP contribution >= 0.6 is 0 Å². The molecule has 1 fully saturated rings. The molecule has 0 radical (unpaired) electrons. The molecule has 0 bridgehead atoms. The molecule has 1 amide bonds. The molecule has 17 heavy (non-hydrogen) atoms. The largest absolute Gasteiger partial charge is 0.340 e. The van der Waals surface area contributed by atoms with Gasteiger partial charge < -0.3 is 4.90 Å². The second-order valence-electron chi connectivity index (χ2n) is 4.59. The van der Waals surface area contributed by atoms with Crippen LogP contribution < -0.4 is 0 Å². The topological polar surface area (TPSA) is 36.4 Å². The van der Waals surface area contributed by atoms with E-state index in [-0.39, 0.29) is 5.91 Å². The lowest BCUT2D eigenvalue weighted by Crippen LogP contribution is -2.47. The van der Waals surface area contributed by atoms with E-state index in [0.29, 0.717) is 0 Å². The molecule has 1 aromatic heterocycles. The van der Waals surface area contributed by atoms with Gasteiger partial charge in [-0.3, -0.25) is 14.7 Å². The summed E-state index contributed by atoms with van der Waals surface area (Å²) in [5.41, 5.74) is 2.29. The minimum absolute atomic E-state index is 0.182. The molecule has 4 heteroatoms.